The highest BCUT2D eigenvalue weighted by Crippen LogP contribution is 2.28. The summed E-state index contributed by atoms with van der Waals surface area (Å²) in [5.41, 5.74) is 2.11. The number of aromatic nitrogens is 5. The zero-order chi connectivity index (χ0) is 20.5. The fraction of sp³-hybridized carbons (Fsp3) is 0.238. The molecule has 4 heterocycles. The quantitative estimate of drug-likeness (QED) is 0.476. The number of rotatable bonds is 6. The van der Waals surface area contributed by atoms with Crippen LogP contribution in [0.3, 0.4) is 0 Å². The van der Waals surface area contributed by atoms with E-state index in [1.807, 2.05) is 35.0 Å². The molecular weight excluding hydrogens is 384 g/mol. The number of aromatic amines is 1. The van der Waals surface area contributed by atoms with Crippen molar-refractivity contribution < 1.29 is 14.3 Å². The van der Waals surface area contributed by atoms with Crippen LogP contribution in [0.15, 0.2) is 48.9 Å². The lowest BCUT2D eigenvalue weighted by atomic mass is 10.0. The number of nitrogens with zero attached hydrogens (tertiary/aromatic N) is 4. The van der Waals surface area contributed by atoms with Crippen molar-refractivity contribution in [1.82, 2.24) is 24.5 Å². The smallest absolute Gasteiger partial charge is 0.318 e. The van der Waals surface area contributed by atoms with Gasteiger partial charge in [0.2, 0.25) is 0 Å². The number of ketones is 1. The van der Waals surface area contributed by atoms with E-state index in [9.17, 15) is 4.79 Å². The van der Waals surface area contributed by atoms with E-state index in [-0.39, 0.29) is 11.8 Å². The number of imidazole rings is 1. The van der Waals surface area contributed by atoms with Gasteiger partial charge in [0.25, 0.3) is 0 Å². The summed E-state index contributed by atoms with van der Waals surface area (Å²) >= 11 is 0. The molecule has 1 aliphatic rings. The monoisotopic (exact) mass is 404 g/mol. The lowest BCUT2D eigenvalue weighted by Gasteiger charge is -2.16. The Morgan fingerprint density at radius 3 is 3.07 bits per heavy atom. The molecule has 152 valence electrons. The van der Waals surface area contributed by atoms with Crippen LogP contribution in [0.2, 0.25) is 0 Å². The van der Waals surface area contributed by atoms with Gasteiger partial charge < -0.3 is 24.3 Å². The standard InChI is InChI=1S/C21H20N6O3/c1-29-21-22-7-6-17(26-21)25-19(16-11-27-8-9-30-12-18(27)24-16)20(28)14-10-23-15-5-3-2-4-13(14)15/h2-7,10-11,19,23H,8-9,12H2,1H3,(H,22,25,26). The number of methoxy groups -OCH3 is 1. The van der Waals surface area contributed by atoms with Crippen LogP contribution in [-0.2, 0) is 17.9 Å². The maximum atomic E-state index is 13.7. The molecule has 9 nitrogen and oxygen atoms in total. The number of ether oxygens (including phenoxy) is 2. The van der Waals surface area contributed by atoms with E-state index in [1.54, 1.807) is 18.5 Å². The van der Waals surface area contributed by atoms with Crippen molar-refractivity contribution in [2.24, 2.45) is 0 Å². The Morgan fingerprint density at radius 1 is 1.30 bits per heavy atom. The second-order valence-corrected chi connectivity index (χ2v) is 6.95. The lowest BCUT2D eigenvalue weighted by molar-refractivity contribution is 0.0816. The first-order valence-electron chi connectivity index (χ1n) is 9.60. The number of carbonyl (C=O) groups is 1. The lowest BCUT2D eigenvalue weighted by Crippen LogP contribution is -2.22. The number of hydrogen-bond donors (Lipinski definition) is 2. The third-order valence-corrected chi connectivity index (χ3v) is 5.11. The highest BCUT2D eigenvalue weighted by Gasteiger charge is 2.28. The van der Waals surface area contributed by atoms with Gasteiger partial charge in [0.1, 0.15) is 24.3 Å². The van der Waals surface area contributed by atoms with E-state index >= 15 is 0 Å². The zero-order valence-electron chi connectivity index (χ0n) is 16.3. The molecular formula is C21H20N6O3. The highest BCUT2D eigenvalue weighted by molar-refractivity contribution is 6.11. The maximum absolute atomic E-state index is 13.7. The highest BCUT2D eigenvalue weighted by atomic mass is 16.5. The molecule has 1 aliphatic heterocycles. The Bertz CT molecular complexity index is 1190. The van der Waals surface area contributed by atoms with Crippen LogP contribution >= 0.6 is 0 Å². The van der Waals surface area contributed by atoms with E-state index in [2.05, 4.69) is 25.3 Å². The minimum atomic E-state index is -0.734. The summed E-state index contributed by atoms with van der Waals surface area (Å²) in [7, 11) is 1.50. The number of fused-ring (bicyclic) bond motifs is 2. The first kappa shape index (κ1) is 18.3. The number of hydrogen-bond acceptors (Lipinski definition) is 7. The summed E-state index contributed by atoms with van der Waals surface area (Å²) in [6, 6.07) is 8.89. The van der Waals surface area contributed by atoms with E-state index < -0.39 is 6.04 Å². The number of nitrogens with one attached hydrogen (secondary N) is 2. The van der Waals surface area contributed by atoms with Gasteiger partial charge in [-0.25, -0.2) is 9.97 Å². The molecule has 0 amide bonds. The molecule has 30 heavy (non-hydrogen) atoms. The molecule has 0 fully saturated rings. The van der Waals surface area contributed by atoms with Crippen LogP contribution in [0.25, 0.3) is 10.9 Å². The van der Waals surface area contributed by atoms with Crippen molar-refractivity contribution in [2.45, 2.75) is 19.2 Å². The van der Waals surface area contributed by atoms with Crippen molar-refractivity contribution in [3.63, 3.8) is 0 Å². The van der Waals surface area contributed by atoms with Gasteiger partial charge in [-0.1, -0.05) is 18.2 Å². The van der Waals surface area contributed by atoms with Gasteiger partial charge in [0, 0.05) is 41.6 Å². The van der Waals surface area contributed by atoms with Gasteiger partial charge in [0.05, 0.1) is 19.4 Å². The SMILES string of the molecule is COc1nccc(NC(C(=O)c2c[nH]c3ccccc23)c2cn3c(n2)COCC3)n1. The van der Waals surface area contributed by atoms with Gasteiger partial charge >= 0.3 is 6.01 Å². The number of anilines is 1. The van der Waals surface area contributed by atoms with Crippen LogP contribution < -0.4 is 10.1 Å². The Labute approximate surface area is 172 Å². The fourth-order valence-corrected chi connectivity index (χ4v) is 3.62. The molecule has 0 spiro atoms. The van der Waals surface area contributed by atoms with Crippen LogP contribution in [0.4, 0.5) is 5.82 Å². The summed E-state index contributed by atoms with van der Waals surface area (Å²) in [5, 5.41) is 4.08. The molecule has 1 unspecified atom stereocenters. The number of Topliss-reactive ketones (excluding diaryl/α,β-unsaturated/α-hetero) is 1. The molecule has 1 atom stereocenters. The Hall–Kier alpha value is -3.72. The molecule has 0 saturated carbocycles. The van der Waals surface area contributed by atoms with Crippen LogP contribution in [-0.4, -0.2) is 44.0 Å². The second kappa shape index (κ2) is 7.60. The molecule has 5 rings (SSSR count). The summed E-state index contributed by atoms with van der Waals surface area (Å²) in [4.78, 5) is 29.8. The van der Waals surface area contributed by atoms with Crippen molar-refractivity contribution in [3.05, 3.63) is 66.0 Å². The van der Waals surface area contributed by atoms with Crippen LogP contribution in [0.5, 0.6) is 6.01 Å². The van der Waals surface area contributed by atoms with Crippen molar-refractivity contribution in [2.75, 3.05) is 19.0 Å². The minimum absolute atomic E-state index is 0.110. The molecule has 0 aliphatic carbocycles. The first-order valence-corrected chi connectivity index (χ1v) is 9.60. The molecule has 2 N–H and O–H groups in total. The summed E-state index contributed by atoms with van der Waals surface area (Å²) in [6.45, 7) is 1.76. The second-order valence-electron chi connectivity index (χ2n) is 6.95. The molecule has 0 saturated heterocycles. The van der Waals surface area contributed by atoms with Gasteiger partial charge in [-0.3, -0.25) is 4.79 Å². The molecule has 1 aromatic carbocycles. The number of H-pyrrole nitrogens is 1. The Morgan fingerprint density at radius 2 is 2.20 bits per heavy atom. The first-order chi connectivity index (χ1) is 14.7. The van der Waals surface area contributed by atoms with Gasteiger partial charge in [-0.15, -0.1) is 0 Å². The van der Waals surface area contributed by atoms with Gasteiger partial charge in [0.15, 0.2) is 5.78 Å². The molecule has 0 radical (unpaired) electrons. The fourth-order valence-electron chi connectivity index (χ4n) is 3.62. The maximum Gasteiger partial charge on any atom is 0.318 e. The van der Waals surface area contributed by atoms with E-state index in [0.29, 0.717) is 36.8 Å². The summed E-state index contributed by atoms with van der Waals surface area (Å²) in [6.07, 6.45) is 5.22. The van der Waals surface area contributed by atoms with Gasteiger partial charge in [-0.2, -0.15) is 4.98 Å². The predicted molar refractivity (Wildman–Crippen MR) is 109 cm³/mol. The van der Waals surface area contributed by atoms with Crippen LogP contribution in [0.1, 0.15) is 27.9 Å². The Balaban J connectivity index is 1.56. The predicted octanol–water partition coefficient (Wildman–Crippen LogP) is 2.73. The topological polar surface area (TPSA) is 107 Å². The normalized spacial score (nSPS) is 14.3. The van der Waals surface area contributed by atoms with Crippen molar-refractivity contribution >= 4 is 22.5 Å². The van der Waals surface area contributed by atoms with Crippen LogP contribution in [0, 0.1) is 0 Å². The number of benzene rings is 1. The Kier molecular flexibility index (Phi) is 4.64. The van der Waals surface area contributed by atoms with E-state index in [4.69, 9.17) is 9.47 Å². The largest absolute Gasteiger partial charge is 0.467 e. The molecule has 4 aromatic rings. The van der Waals surface area contributed by atoms with Crippen molar-refractivity contribution in [3.8, 4) is 6.01 Å². The van der Waals surface area contributed by atoms with Crippen molar-refractivity contribution in [1.29, 1.82) is 0 Å². The molecule has 9 heteroatoms. The van der Waals surface area contributed by atoms with E-state index in [0.717, 1.165) is 16.7 Å². The third kappa shape index (κ3) is 3.29. The summed E-state index contributed by atoms with van der Waals surface area (Å²) < 4.78 is 12.6. The van der Waals surface area contributed by atoms with E-state index in [1.165, 1.54) is 7.11 Å². The number of carbonyl (C=O) groups excluding carboxylic acids is 1. The van der Waals surface area contributed by atoms with Gasteiger partial charge in [-0.05, 0) is 12.1 Å². The third-order valence-electron chi connectivity index (χ3n) is 5.11. The zero-order valence-corrected chi connectivity index (χ0v) is 16.3. The summed E-state index contributed by atoms with van der Waals surface area (Å²) in [5.74, 6) is 1.17. The number of para-hydroxylation sites is 1. The average Bonchev–Trinajstić information content (AvgIpc) is 3.41. The minimum Gasteiger partial charge on any atom is -0.467 e. The molecule has 0 bridgehead atoms. The molecule has 3 aromatic heterocycles. The average molecular weight is 404 g/mol.